The zero-order valence-electron chi connectivity index (χ0n) is 13.5. The van der Waals surface area contributed by atoms with Crippen LogP contribution in [0.3, 0.4) is 0 Å². The van der Waals surface area contributed by atoms with Gasteiger partial charge in [-0.3, -0.25) is 0 Å². The summed E-state index contributed by atoms with van der Waals surface area (Å²) >= 11 is 0. The Kier molecular flexibility index (Phi) is 5.18. The molecule has 0 aliphatic carbocycles. The summed E-state index contributed by atoms with van der Waals surface area (Å²) in [5.41, 5.74) is 1.86. The number of benzene rings is 1. The fraction of sp³-hybridized carbons (Fsp3) is 0.444. The first-order chi connectivity index (χ1) is 11.2. The average Bonchev–Trinajstić information content (AvgIpc) is 2.56. The molecule has 2 aromatic rings. The molecule has 2 N–H and O–H groups in total. The maximum atomic E-state index is 13.1. The predicted octanol–water partition coefficient (Wildman–Crippen LogP) is 3.40. The number of aromatic nitrogens is 2. The van der Waals surface area contributed by atoms with Crippen molar-refractivity contribution in [1.82, 2.24) is 15.3 Å². The fourth-order valence-electron chi connectivity index (χ4n) is 2.87. The Bertz CT molecular complexity index is 636. The molecule has 0 bridgehead atoms. The van der Waals surface area contributed by atoms with E-state index < -0.39 is 0 Å². The molecule has 23 heavy (non-hydrogen) atoms. The Balaban J connectivity index is 1.87. The lowest BCUT2D eigenvalue weighted by atomic mass is 10.1. The zero-order valence-corrected chi connectivity index (χ0v) is 13.5. The highest BCUT2D eigenvalue weighted by molar-refractivity contribution is 5.57. The Morgan fingerprint density at radius 3 is 2.78 bits per heavy atom. The lowest BCUT2D eigenvalue weighted by molar-refractivity contribution is 0.479. The van der Waals surface area contributed by atoms with Crippen LogP contribution in [0.2, 0.25) is 0 Å². The number of rotatable bonds is 5. The molecule has 0 amide bonds. The quantitative estimate of drug-likeness (QED) is 0.888. The summed E-state index contributed by atoms with van der Waals surface area (Å²) < 4.78 is 13.1. The molecule has 0 spiro atoms. The van der Waals surface area contributed by atoms with Crippen LogP contribution in [-0.2, 0) is 6.42 Å². The molecule has 4 nitrogen and oxygen atoms in total. The van der Waals surface area contributed by atoms with Crippen LogP contribution in [0.15, 0.2) is 30.3 Å². The van der Waals surface area contributed by atoms with Crippen LogP contribution in [0.1, 0.15) is 31.9 Å². The predicted molar refractivity (Wildman–Crippen MR) is 90.9 cm³/mol. The van der Waals surface area contributed by atoms with Crippen LogP contribution in [0.4, 0.5) is 10.2 Å². The van der Waals surface area contributed by atoms with Gasteiger partial charge in [0.05, 0.1) is 0 Å². The van der Waals surface area contributed by atoms with E-state index in [4.69, 9.17) is 0 Å². The molecule has 3 rings (SSSR count). The van der Waals surface area contributed by atoms with Crippen molar-refractivity contribution in [2.75, 3.05) is 18.4 Å². The number of aryl methyl sites for hydroxylation is 1. The second-order valence-corrected chi connectivity index (χ2v) is 6.01. The van der Waals surface area contributed by atoms with Gasteiger partial charge in [-0.15, -0.1) is 0 Å². The van der Waals surface area contributed by atoms with Crippen molar-refractivity contribution in [2.24, 2.45) is 0 Å². The molecule has 1 unspecified atom stereocenters. The third-order valence-electron chi connectivity index (χ3n) is 4.04. The van der Waals surface area contributed by atoms with Gasteiger partial charge in [0.1, 0.15) is 11.6 Å². The number of piperidine rings is 1. The van der Waals surface area contributed by atoms with Crippen LogP contribution in [0.5, 0.6) is 0 Å². The Hall–Kier alpha value is -2.01. The first kappa shape index (κ1) is 15.9. The van der Waals surface area contributed by atoms with Gasteiger partial charge in [0.2, 0.25) is 0 Å². The highest BCUT2D eigenvalue weighted by Crippen LogP contribution is 2.20. The van der Waals surface area contributed by atoms with E-state index in [1.807, 2.05) is 6.07 Å². The molecule has 5 heteroatoms. The Labute approximate surface area is 136 Å². The van der Waals surface area contributed by atoms with E-state index in [2.05, 4.69) is 27.5 Å². The summed E-state index contributed by atoms with van der Waals surface area (Å²) in [5, 5.41) is 6.91. The second-order valence-electron chi connectivity index (χ2n) is 6.01. The summed E-state index contributed by atoms with van der Waals surface area (Å²) in [4.78, 5) is 9.26. The topological polar surface area (TPSA) is 49.8 Å². The van der Waals surface area contributed by atoms with Gasteiger partial charge in [0, 0.05) is 29.9 Å². The normalized spacial score (nSPS) is 17.9. The fourth-order valence-corrected chi connectivity index (χ4v) is 2.87. The van der Waals surface area contributed by atoms with Gasteiger partial charge in [-0.25, -0.2) is 14.4 Å². The lowest BCUT2D eigenvalue weighted by Gasteiger charge is -2.24. The monoisotopic (exact) mass is 314 g/mol. The van der Waals surface area contributed by atoms with Crippen molar-refractivity contribution in [2.45, 2.75) is 38.6 Å². The maximum Gasteiger partial charge on any atom is 0.161 e. The first-order valence-electron chi connectivity index (χ1n) is 8.36. The standard InChI is InChI=1S/C18H23FN4/c1-2-4-15-11-17(21-16-5-3-10-20-12-16)23-18(22-15)13-6-8-14(19)9-7-13/h6-9,11,16,20H,2-5,10,12H2,1H3,(H,21,22,23). The third-order valence-corrected chi connectivity index (χ3v) is 4.04. The van der Waals surface area contributed by atoms with Crippen molar-refractivity contribution < 1.29 is 4.39 Å². The summed E-state index contributed by atoms with van der Waals surface area (Å²) in [6, 6.07) is 8.78. The second kappa shape index (κ2) is 7.51. The smallest absolute Gasteiger partial charge is 0.161 e. The molecule has 1 aliphatic rings. The number of nitrogens with zero attached hydrogens (tertiary/aromatic N) is 2. The van der Waals surface area contributed by atoms with Crippen LogP contribution in [-0.4, -0.2) is 29.1 Å². The SMILES string of the molecule is CCCc1cc(NC2CCCNC2)nc(-c2ccc(F)cc2)n1. The van der Waals surface area contributed by atoms with Gasteiger partial charge in [-0.05, 0) is 50.1 Å². The number of anilines is 1. The minimum atomic E-state index is -0.245. The summed E-state index contributed by atoms with van der Waals surface area (Å²) in [5.74, 6) is 1.27. The van der Waals surface area contributed by atoms with E-state index in [1.54, 1.807) is 12.1 Å². The van der Waals surface area contributed by atoms with E-state index in [-0.39, 0.29) is 5.82 Å². The molecule has 0 radical (unpaired) electrons. The zero-order chi connectivity index (χ0) is 16.1. The number of nitrogens with one attached hydrogen (secondary N) is 2. The van der Waals surface area contributed by atoms with E-state index in [1.165, 1.54) is 18.6 Å². The van der Waals surface area contributed by atoms with Crippen molar-refractivity contribution in [3.05, 3.63) is 41.8 Å². The van der Waals surface area contributed by atoms with Crippen molar-refractivity contribution in [3.63, 3.8) is 0 Å². The van der Waals surface area contributed by atoms with Gasteiger partial charge >= 0.3 is 0 Å². The van der Waals surface area contributed by atoms with Gasteiger partial charge in [-0.2, -0.15) is 0 Å². The molecule has 122 valence electrons. The minimum Gasteiger partial charge on any atom is -0.366 e. The largest absolute Gasteiger partial charge is 0.366 e. The molecule has 2 heterocycles. The van der Waals surface area contributed by atoms with Gasteiger partial charge in [0.15, 0.2) is 5.82 Å². The summed E-state index contributed by atoms with van der Waals surface area (Å²) in [6.07, 6.45) is 4.26. The average molecular weight is 314 g/mol. The molecule has 1 aromatic carbocycles. The number of hydrogen-bond donors (Lipinski definition) is 2. The van der Waals surface area contributed by atoms with Crippen molar-refractivity contribution in [3.8, 4) is 11.4 Å². The number of halogens is 1. The molecule has 1 fully saturated rings. The molecule has 1 aliphatic heterocycles. The van der Waals surface area contributed by atoms with E-state index in [9.17, 15) is 4.39 Å². The van der Waals surface area contributed by atoms with Crippen LogP contribution >= 0.6 is 0 Å². The molecule has 1 atom stereocenters. The summed E-state index contributed by atoms with van der Waals surface area (Å²) in [6.45, 7) is 4.18. The summed E-state index contributed by atoms with van der Waals surface area (Å²) in [7, 11) is 0. The number of hydrogen-bond acceptors (Lipinski definition) is 4. The van der Waals surface area contributed by atoms with Crippen LogP contribution < -0.4 is 10.6 Å². The van der Waals surface area contributed by atoms with E-state index in [0.717, 1.165) is 49.4 Å². The minimum absolute atomic E-state index is 0.245. The van der Waals surface area contributed by atoms with Crippen molar-refractivity contribution in [1.29, 1.82) is 0 Å². The van der Waals surface area contributed by atoms with Gasteiger partial charge in [-0.1, -0.05) is 13.3 Å². The van der Waals surface area contributed by atoms with Gasteiger partial charge in [0.25, 0.3) is 0 Å². The molecular formula is C18H23FN4. The Morgan fingerprint density at radius 1 is 1.26 bits per heavy atom. The van der Waals surface area contributed by atoms with Crippen LogP contribution in [0, 0.1) is 5.82 Å². The molecule has 1 saturated heterocycles. The van der Waals surface area contributed by atoms with Gasteiger partial charge < -0.3 is 10.6 Å². The third kappa shape index (κ3) is 4.26. The van der Waals surface area contributed by atoms with E-state index in [0.29, 0.717) is 11.9 Å². The molecule has 1 aromatic heterocycles. The van der Waals surface area contributed by atoms with E-state index >= 15 is 0 Å². The lowest BCUT2D eigenvalue weighted by Crippen LogP contribution is -2.38. The van der Waals surface area contributed by atoms with Crippen LogP contribution in [0.25, 0.3) is 11.4 Å². The maximum absolute atomic E-state index is 13.1. The van der Waals surface area contributed by atoms with Crippen molar-refractivity contribution >= 4 is 5.82 Å². The first-order valence-corrected chi connectivity index (χ1v) is 8.36. The highest BCUT2D eigenvalue weighted by Gasteiger charge is 2.14. The Morgan fingerprint density at radius 2 is 2.09 bits per heavy atom. The molecule has 0 saturated carbocycles. The highest BCUT2D eigenvalue weighted by atomic mass is 19.1. The molecular weight excluding hydrogens is 291 g/mol.